The number of nitrogens with zero attached hydrogens (tertiary/aromatic N) is 2. The van der Waals surface area contributed by atoms with Crippen molar-refractivity contribution in [1.29, 1.82) is 0 Å². The summed E-state index contributed by atoms with van der Waals surface area (Å²) < 4.78 is 32.1. The number of aromatic nitrogens is 2. The average Bonchev–Trinajstić information content (AvgIpc) is 2.98. The van der Waals surface area contributed by atoms with E-state index in [0.717, 1.165) is 0 Å². The van der Waals surface area contributed by atoms with E-state index >= 15 is 0 Å². The largest absolute Gasteiger partial charge is 0.420 e. The summed E-state index contributed by atoms with van der Waals surface area (Å²) in [7, 11) is -3.69. The third-order valence-corrected chi connectivity index (χ3v) is 4.67. The highest BCUT2D eigenvalue weighted by molar-refractivity contribution is 7.91. The van der Waals surface area contributed by atoms with Gasteiger partial charge in [0.15, 0.2) is 0 Å². The van der Waals surface area contributed by atoms with Crippen LogP contribution < -0.4 is 4.72 Å². The van der Waals surface area contributed by atoms with Crippen molar-refractivity contribution in [2.45, 2.75) is 5.75 Å². The van der Waals surface area contributed by atoms with Gasteiger partial charge in [-0.3, -0.25) is 4.72 Å². The highest BCUT2D eigenvalue weighted by Gasteiger charge is 2.17. The van der Waals surface area contributed by atoms with E-state index in [0.29, 0.717) is 21.3 Å². The van der Waals surface area contributed by atoms with Gasteiger partial charge in [-0.05, 0) is 48.5 Å². The monoisotopic (exact) mass is 383 g/mol. The predicted octanol–water partition coefficient (Wildman–Crippen LogP) is 3.99. The third-order valence-electron chi connectivity index (χ3n) is 2.99. The molecule has 0 aliphatic carbocycles. The second-order valence-corrected chi connectivity index (χ2v) is 7.47. The van der Waals surface area contributed by atoms with Gasteiger partial charge in [-0.25, -0.2) is 8.42 Å². The molecule has 0 unspecified atom stereocenters. The third kappa shape index (κ3) is 4.25. The Balaban J connectivity index is 1.73. The maximum atomic E-state index is 12.2. The zero-order valence-electron chi connectivity index (χ0n) is 12.1. The van der Waals surface area contributed by atoms with Crippen LogP contribution in [0.25, 0.3) is 11.5 Å². The quantitative estimate of drug-likeness (QED) is 0.719. The lowest BCUT2D eigenvalue weighted by Crippen LogP contribution is -2.15. The highest BCUT2D eigenvalue weighted by Crippen LogP contribution is 2.21. The summed E-state index contributed by atoms with van der Waals surface area (Å²) in [6.07, 6.45) is 0. The Morgan fingerprint density at radius 3 is 2.12 bits per heavy atom. The van der Waals surface area contributed by atoms with Gasteiger partial charge < -0.3 is 4.42 Å². The second-order valence-electron chi connectivity index (χ2n) is 4.88. The molecule has 0 saturated heterocycles. The number of benzene rings is 2. The Labute approximate surface area is 148 Å². The molecule has 6 nitrogen and oxygen atoms in total. The summed E-state index contributed by atoms with van der Waals surface area (Å²) in [5, 5.41) is 8.71. The standard InChI is InChI=1S/C15H11Cl2N3O3S/c16-11-3-1-10(2-4-11)15-19-18-14(23-15)9-24(21,22)20-13-7-5-12(17)6-8-13/h1-8,20H,9H2. The molecular weight excluding hydrogens is 373 g/mol. The van der Waals surface area contributed by atoms with Crippen molar-refractivity contribution in [2.24, 2.45) is 0 Å². The number of halogens is 2. The molecule has 0 aliphatic rings. The van der Waals surface area contributed by atoms with Crippen LogP contribution in [0.1, 0.15) is 5.89 Å². The zero-order valence-corrected chi connectivity index (χ0v) is 14.4. The molecule has 0 saturated carbocycles. The number of rotatable bonds is 5. The first-order valence-corrected chi connectivity index (χ1v) is 9.16. The van der Waals surface area contributed by atoms with Crippen LogP contribution in [0.5, 0.6) is 0 Å². The molecule has 0 radical (unpaired) electrons. The maximum Gasteiger partial charge on any atom is 0.247 e. The topological polar surface area (TPSA) is 85.1 Å². The van der Waals surface area contributed by atoms with Crippen LogP contribution in [0.4, 0.5) is 5.69 Å². The first kappa shape index (κ1) is 16.8. The van der Waals surface area contributed by atoms with E-state index in [-0.39, 0.29) is 11.8 Å². The van der Waals surface area contributed by atoms with Crippen LogP contribution in [0.3, 0.4) is 0 Å². The summed E-state index contributed by atoms with van der Waals surface area (Å²) in [6.45, 7) is 0. The maximum absolute atomic E-state index is 12.2. The number of hydrogen-bond donors (Lipinski definition) is 1. The number of anilines is 1. The summed E-state index contributed by atoms with van der Waals surface area (Å²) >= 11 is 11.6. The van der Waals surface area contributed by atoms with Gasteiger partial charge >= 0.3 is 0 Å². The SMILES string of the molecule is O=S(=O)(Cc1nnc(-c2ccc(Cl)cc2)o1)Nc1ccc(Cl)cc1. The summed E-state index contributed by atoms with van der Waals surface area (Å²) in [5.74, 6) is -0.222. The van der Waals surface area contributed by atoms with E-state index in [1.807, 2.05) is 0 Å². The van der Waals surface area contributed by atoms with Crippen molar-refractivity contribution < 1.29 is 12.8 Å². The van der Waals surface area contributed by atoms with E-state index in [4.69, 9.17) is 27.6 Å². The van der Waals surface area contributed by atoms with Crippen molar-refractivity contribution >= 4 is 38.9 Å². The molecule has 9 heteroatoms. The molecule has 2 aromatic carbocycles. The van der Waals surface area contributed by atoms with Gasteiger partial charge in [0.1, 0.15) is 5.75 Å². The van der Waals surface area contributed by atoms with Crippen LogP contribution in [-0.2, 0) is 15.8 Å². The van der Waals surface area contributed by atoms with Crippen molar-refractivity contribution in [3.63, 3.8) is 0 Å². The van der Waals surface area contributed by atoms with Gasteiger partial charge in [-0.15, -0.1) is 10.2 Å². The van der Waals surface area contributed by atoms with E-state index in [2.05, 4.69) is 14.9 Å². The molecule has 0 fully saturated rings. The summed E-state index contributed by atoms with van der Waals surface area (Å²) in [5.41, 5.74) is 1.05. The Morgan fingerprint density at radius 2 is 1.50 bits per heavy atom. The molecule has 3 rings (SSSR count). The molecule has 0 aliphatic heterocycles. The van der Waals surface area contributed by atoms with E-state index in [1.54, 1.807) is 48.5 Å². The normalized spacial score (nSPS) is 11.4. The molecule has 1 aromatic heterocycles. The van der Waals surface area contributed by atoms with Crippen LogP contribution >= 0.6 is 23.2 Å². The first-order chi connectivity index (χ1) is 11.4. The number of sulfonamides is 1. The molecule has 0 spiro atoms. The Morgan fingerprint density at radius 1 is 0.917 bits per heavy atom. The van der Waals surface area contributed by atoms with Gasteiger partial charge in [0.2, 0.25) is 21.8 Å². The van der Waals surface area contributed by atoms with Crippen LogP contribution in [0.15, 0.2) is 52.9 Å². The first-order valence-electron chi connectivity index (χ1n) is 6.76. The molecule has 0 atom stereocenters. The molecule has 24 heavy (non-hydrogen) atoms. The molecule has 0 amide bonds. The van der Waals surface area contributed by atoms with E-state index in [1.165, 1.54) is 0 Å². The van der Waals surface area contributed by atoms with Gasteiger partial charge in [0, 0.05) is 21.3 Å². The molecule has 0 bridgehead atoms. The Bertz CT molecular complexity index is 939. The fraction of sp³-hybridized carbons (Fsp3) is 0.0667. The van der Waals surface area contributed by atoms with Gasteiger partial charge in [-0.1, -0.05) is 23.2 Å². The van der Waals surface area contributed by atoms with Crippen LogP contribution in [0, 0.1) is 0 Å². The lowest BCUT2D eigenvalue weighted by atomic mass is 10.2. The minimum absolute atomic E-state index is 0.0126. The van der Waals surface area contributed by atoms with Crippen molar-refractivity contribution in [3.8, 4) is 11.5 Å². The Hall–Kier alpha value is -2.09. The minimum atomic E-state index is -3.69. The van der Waals surface area contributed by atoms with Crippen molar-refractivity contribution in [1.82, 2.24) is 10.2 Å². The zero-order chi connectivity index (χ0) is 17.2. The Kier molecular flexibility index (Phi) is 4.75. The van der Waals surface area contributed by atoms with Gasteiger partial charge in [0.05, 0.1) is 0 Å². The molecule has 3 aromatic rings. The smallest absolute Gasteiger partial charge is 0.247 e. The lowest BCUT2D eigenvalue weighted by molar-refractivity contribution is 0.519. The fourth-order valence-electron chi connectivity index (χ4n) is 1.92. The summed E-state index contributed by atoms with van der Waals surface area (Å²) in [4.78, 5) is 0. The van der Waals surface area contributed by atoms with Gasteiger partial charge in [0.25, 0.3) is 0 Å². The number of nitrogens with one attached hydrogen (secondary N) is 1. The van der Waals surface area contributed by atoms with Gasteiger partial charge in [-0.2, -0.15) is 0 Å². The van der Waals surface area contributed by atoms with E-state index in [9.17, 15) is 8.42 Å². The minimum Gasteiger partial charge on any atom is -0.420 e. The van der Waals surface area contributed by atoms with Crippen LogP contribution in [-0.4, -0.2) is 18.6 Å². The van der Waals surface area contributed by atoms with Crippen molar-refractivity contribution in [2.75, 3.05) is 4.72 Å². The molecule has 1 N–H and O–H groups in total. The second kappa shape index (κ2) is 6.80. The predicted molar refractivity (Wildman–Crippen MR) is 92.4 cm³/mol. The lowest BCUT2D eigenvalue weighted by Gasteiger charge is -2.05. The van der Waals surface area contributed by atoms with Crippen molar-refractivity contribution in [3.05, 3.63) is 64.5 Å². The molecule has 124 valence electrons. The summed E-state index contributed by atoms with van der Waals surface area (Å²) in [6, 6.07) is 13.1. The number of hydrogen-bond acceptors (Lipinski definition) is 5. The molecular formula is C15H11Cl2N3O3S. The highest BCUT2D eigenvalue weighted by atomic mass is 35.5. The van der Waals surface area contributed by atoms with Crippen LogP contribution in [0.2, 0.25) is 10.0 Å². The average molecular weight is 384 g/mol. The molecule has 1 heterocycles. The van der Waals surface area contributed by atoms with E-state index < -0.39 is 15.8 Å². The fourth-order valence-corrected chi connectivity index (χ4v) is 3.18.